The first-order chi connectivity index (χ1) is 51.4. The third-order valence-corrected chi connectivity index (χ3v) is 23.4. The summed E-state index contributed by atoms with van der Waals surface area (Å²) >= 11 is 18.5. The van der Waals surface area contributed by atoms with Crippen LogP contribution >= 0.6 is 34.8 Å². The maximum atomic E-state index is 14.9. The zero-order chi connectivity index (χ0) is 77.0. The van der Waals surface area contributed by atoms with E-state index in [1.165, 1.54) is 55.2 Å². The molecule has 26 nitrogen and oxygen atoms in total. The van der Waals surface area contributed by atoms with Gasteiger partial charge < -0.3 is 56.7 Å². The molecule has 8 atom stereocenters. The van der Waals surface area contributed by atoms with Gasteiger partial charge in [-0.3, -0.25) is 0 Å². The van der Waals surface area contributed by atoms with E-state index in [0.29, 0.717) is 101 Å². The van der Waals surface area contributed by atoms with Crippen LogP contribution in [0.3, 0.4) is 0 Å². The van der Waals surface area contributed by atoms with Gasteiger partial charge in [0.15, 0.2) is 63.7 Å². The number of hydrogen-bond acceptors (Lipinski definition) is 23. The molecule has 3 saturated carbocycles. The van der Waals surface area contributed by atoms with E-state index in [1.54, 1.807) is 54.7 Å². The van der Waals surface area contributed by atoms with E-state index >= 15 is 0 Å². The summed E-state index contributed by atoms with van der Waals surface area (Å²) in [5.74, 6) is -1.59. The number of aliphatic hydroxyl groups excluding tert-OH is 4. The van der Waals surface area contributed by atoms with Crippen molar-refractivity contribution in [2.45, 2.75) is 167 Å². The van der Waals surface area contributed by atoms with Gasteiger partial charge in [0, 0.05) is 101 Å². The molecule has 9 heterocycles. The molecule has 0 spiro atoms. The zero-order valence-electron chi connectivity index (χ0n) is 58.5. The highest BCUT2D eigenvalue weighted by Crippen LogP contribution is 2.40. The molecule has 0 amide bonds. The molecule has 14 rings (SSSR count). The van der Waals surface area contributed by atoms with Crippen LogP contribution in [0.15, 0.2) is 145 Å². The number of nitrogens with zero attached hydrogens (tertiary/aromatic N) is 11. The zero-order valence-corrected chi connectivity index (χ0v) is 62.4. The first kappa shape index (κ1) is 78.7. The van der Waals surface area contributed by atoms with Crippen LogP contribution in [0, 0.1) is 31.3 Å². The molecular weight excluding hydrogens is 1500 g/mol. The second-order valence-electron chi connectivity index (χ2n) is 27.8. The summed E-state index contributed by atoms with van der Waals surface area (Å²) in [5, 5.41) is 82.1. The third-order valence-electron chi connectivity index (χ3n) is 19.4. The highest BCUT2D eigenvalue weighted by Gasteiger charge is 2.39. The van der Waals surface area contributed by atoms with Crippen molar-refractivity contribution in [2.75, 3.05) is 29.2 Å². The van der Waals surface area contributed by atoms with Crippen LogP contribution in [0.4, 0.5) is 30.6 Å². The van der Waals surface area contributed by atoms with Crippen molar-refractivity contribution in [2.24, 2.45) is 0 Å². The number of aromatic nitrogens is 12. The van der Waals surface area contributed by atoms with Gasteiger partial charge in [-0.05, 0) is 140 Å². The van der Waals surface area contributed by atoms with Crippen LogP contribution in [0.1, 0.15) is 107 Å². The Morgan fingerprint density at radius 1 is 0.546 bits per heavy atom. The number of H-pyrrole nitrogens is 1. The Morgan fingerprint density at radius 3 is 1.30 bits per heavy atom. The number of fused-ring (bicyclic) bond motifs is 3. The normalized spacial score (nSPS) is 21.0. The van der Waals surface area contributed by atoms with Crippen molar-refractivity contribution < 1.29 is 65.8 Å². The van der Waals surface area contributed by atoms with Gasteiger partial charge in [-0.1, -0.05) is 76.3 Å². The minimum absolute atomic E-state index is 0.00189. The van der Waals surface area contributed by atoms with E-state index in [9.17, 15) is 60.6 Å². The molecule has 3 fully saturated rings. The number of aromatic amines is 1. The van der Waals surface area contributed by atoms with E-state index in [4.69, 9.17) is 39.9 Å². The van der Waals surface area contributed by atoms with Crippen LogP contribution < -0.4 is 16.0 Å². The van der Waals surface area contributed by atoms with E-state index in [2.05, 4.69) is 72.4 Å². The highest BCUT2D eigenvalue weighted by molar-refractivity contribution is 7.90. The van der Waals surface area contributed by atoms with Crippen LogP contribution in [-0.4, -0.2) is 171 Å². The molecule has 3 aliphatic carbocycles. The highest BCUT2D eigenvalue weighted by atomic mass is 35.5. The first-order valence-electron chi connectivity index (χ1n) is 34.8. The van der Waals surface area contributed by atoms with Gasteiger partial charge in [0.25, 0.3) is 20.0 Å². The molecule has 11 aromatic rings. The molecular formula is C74H79Cl3F3N15O11S2. The van der Waals surface area contributed by atoms with Crippen molar-refractivity contribution in [3.05, 3.63) is 179 Å². The maximum absolute atomic E-state index is 14.9. The van der Waals surface area contributed by atoms with Crippen LogP contribution in [0.25, 0.3) is 67.3 Å². The Labute approximate surface area is 634 Å². The number of aryl methyl sites for hydroxylation is 2. The summed E-state index contributed by atoms with van der Waals surface area (Å²) in [6.45, 7) is 6.57. The molecule has 570 valence electrons. The van der Waals surface area contributed by atoms with E-state index < -0.39 is 79.7 Å². The summed E-state index contributed by atoms with van der Waals surface area (Å²) in [6.07, 6.45) is 18.7. The smallest absolute Gasteiger partial charge is 0.269 e. The SMILES string of the molecule is C=CC[C@@]1(O)CCCC(Nc2nc(-c3cn(S(=O)(=O)c4ccc(C)cc4)c4ncc(Cl)cc34)ncc2F)C1.Cc1ccc(S(=O)(=O)n2cc(-c3ncc(F)c(NC4CCC[C@](O)(CC(O)CO)C4)n3)c3cc(Cl)cnc32)cc1.OCC(O)C[C@@]1(O)CCCC(Nc2nc(-c3c[nH]c4ncc(Cl)cc34)ncc2F)C1. The Balaban J connectivity index is 0.000000153. The predicted molar refractivity (Wildman–Crippen MR) is 404 cm³/mol. The van der Waals surface area contributed by atoms with Gasteiger partial charge in [0.1, 0.15) is 5.65 Å². The topological polar surface area (TPSA) is 388 Å². The lowest BCUT2D eigenvalue weighted by molar-refractivity contribution is -0.0517. The lowest BCUT2D eigenvalue weighted by Crippen LogP contribution is -2.43. The summed E-state index contributed by atoms with van der Waals surface area (Å²) in [4.78, 5) is 41.4. The van der Waals surface area contributed by atoms with E-state index in [1.807, 2.05) is 13.8 Å². The molecule has 2 aromatic carbocycles. The number of rotatable bonds is 21. The average Bonchev–Trinajstić information content (AvgIpc) is 1.60. The number of nitrogens with one attached hydrogen (secondary N) is 4. The molecule has 0 radical (unpaired) electrons. The fourth-order valence-electron chi connectivity index (χ4n) is 14.2. The monoisotopic (exact) mass is 1580 g/mol. The van der Waals surface area contributed by atoms with Gasteiger partial charge in [-0.2, -0.15) is 0 Å². The molecule has 108 heavy (non-hydrogen) atoms. The quantitative estimate of drug-likeness (QED) is 0.0298. The van der Waals surface area contributed by atoms with Crippen molar-refractivity contribution in [3.63, 3.8) is 0 Å². The van der Waals surface area contributed by atoms with Crippen LogP contribution in [-0.2, 0) is 20.0 Å². The molecule has 34 heteroatoms. The van der Waals surface area contributed by atoms with Gasteiger partial charge in [0.2, 0.25) is 0 Å². The van der Waals surface area contributed by atoms with Gasteiger partial charge >= 0.3 is 0 Å². The molecule has 0 bridgehead atoms. The molecule has 11 N–H and O–H groups in total. The molecule has 3 aliphatic rings. The number of hydrogen-bond donors (Lipinski definition) is 11. The van der Waals surface area contributed by atoms with Gasteiger partial charge in [-0.15, -0.1) is 6.58 Å². The molecule has 5 unspecified atom stereocenters. The number of benzene rings is 2. The Hall–Kier alpha value is -8.83. The second-order valence-corrected chi connectivity index (χ2v) is 32.8. The number of anilines is 3. The number of pyridine rings is 3. The Bertz CT molecular complexity index is 5340. The summed E-state index contributed by atoms with van der Waals surface area (Å²) in [6, 6.07) is 17.0. The second kappa shape index (κ2) is 32.8. The van der Waals surface area contributed by atoms with Gasteiger partial charge in [0.05, 0.1) is 85.7 Å². The number of aliphatic hydroxyl groups is 7. The first-order valence-corrected chi connectivity index (χ1v) is 38.8. The molecule has 9 aromatic heterocycles. The average molecular weight is 1580 g/mol. The van der Waals surface area contributed by atoms with E-state index in [-0.39, 0.29) is 98.2 Å². The Kier molecular flexibility index (Phi) is 23.9. The summed E-state index contributed by atoms with van der Waals surface area (Å²) in [5.41, 5.74) is 0.742. The summed E-state index contributed by atoms with van der Waals surface area (Å²) in [7, 11) is -8.06. The fourth-order valence-corrected chi connectivity index (χ4v) is 17.4. The van der Waals surface area contributed by atoms with Crippen LogP contribution in [0.2, 0.25) is 15.1 Å². The maximum Gasteiger partial charge on any atom is 0.269 e. The largest absolute Gasteiger partial charge is 0.394 e. The van der Waals surface area contributed by atoms with E-state index in [0.717, 1.165) is 62.3 Å². The Morgan fingerprint density at radius 2 is 0.907 bits per heavy atom. The standard InChI is InChI=1S/C27H29ClFN5O5S.C27H27ClFN5O3S.C20H23ClFN5O3/c1-16-4-6-20(7-5-16)40(38,39)34-14-22(21-9-17(28)12-31-26(21)34)24-30-13-23(29)25(33-24)32-18-3-2-8-27(37,10-18)11-19(36)15-35;1-3-10-27(35)11-4-5-19(13-27)32-25-23(29)15-30-24(33-25)22-16-34(26-21(22)12-18(28)14-31-26)38(36,37)20-8-6-17(2)7-9-20;21-11-4-14-15(8-24-17(14)23-7-11)18-25-9-16(22)19(27-18)26-12-2-1-3-20(30,5-12)6-13(29)10-28/h4-7,9,12-14,18-19,35-37H,2-3,8,10-11,15H2,1H3,(H,30,32,33);3,6-9,12,14-16,19,35H,1,4-5,10-11,13H2,2H3,(H,30,32,33);4,7-9,12-13,28-30H,1-3,5-6,10H2,(H,23,24)(H,25,26,27)/t18?,19?,27-;19?,27-;12?,13?,20-/m111/s1. The van der Waals surface area contributed by atoms with Crippen molar-refractivity contribution in [1.29, 1.82) is 0 Å². The minimum Gasteiger partial charge on any atom is -0.394 e. The number of halogens is 6. The lowest BCUT2D eigenvalue weighted by atomic mass is 9.78. The summed E-state index contributed by atoms with van der Waals surface area (Å²) < 4.78 is 100. The fraction of sp³-hybridized carbons (Fsp3) is 0.365. The predicted octanol–water partition coefficient (Wildman–Crippen LogP) is 11.8. The van der Waals surface area contributed by atoms with Crippen molar-refractivity contribution >= 4 is 105 Å². The molecule has 0 aliphatic heterocycles. The lowest BCUT2D eigenvalue weighted by Gasteiger charge is -2.38. The third kappa shape index (κ3) is 17.9. The minimum atomic E-state index is -4.05. The van der Waals surface area contributed by atoms with Crippen molar-refractivity contribution in [1.82, 2.24) is 57.8 Å². The van der Waals surface area contributed by atoms with Crippen molar-refractivity contribution in [3.8, 4) is 34.2 Å². The van der Waals surface area contributed by atoms with Crippen LogP contribution in [0.5, 0.6) is 0 Å². The molecule has 0 saturated heterocycles. The van der Waals surface area contributed by atoms with Gasteiger partial charge in [-0.25, -0.2) is 82.8 Å².